The van der Waals surface area contributed by atoms with E-state index in [0.29, 0.717) is 5.56 Å². The van der Waals surface area contributed by atoms with Gasteiger partial charge < -0.3 is 24.7 Å². The van der Waals surface area contributed by atoms with Gasteiger partial charge in [-0.3, -0.25) is 14.4 Å². The number of halogens is 1. The van der Waals surface area contributed by atoms with Gasteiger partial charge >= 0.3 is 11.8 Å². The maximum Gasteiger partial charge on any atom is 0.308 e. The van der Waals surface area contributed by atoms with Gasteiger partial charge in [-0.2, -0.15) is 0 Å². The Morgan fingerprint density at radius 2 is 1.97 bits per heavy atom. The largest absolute Gasteiger partial charge is 0.501 e. The normalized spacial score (nSPS) is 11.8. The van der Waals surface area contributed by atoms with E-state index in [1.165, 1.54) is 36.2 Å². The standard InChI is InChI=1S/C20H21FN6O5/c1-10(8-22-18(30)19-26-25-11(2)32-19)16-23-14(15(28)17(29)24-16)20(31)27(3)9-12-4-6-13(21)7-5-12/h4-7,10,28H,8-9H2,1-3H3,(H,22,30)(H,23,24,29). The minimum atomic E-state index is -0.890. The Hall–Kier alpha value is -4.09. The molecule has 1 unspecified atom stereocenters. The van der Waals surface area contributed by atoms with Crippen LogP contribution >= 0.6 is 0 Å². The summed E-state index contributed by atoms with van der Waals surface area (Å²) in [5.41, 5.74) is -0.669. The zero-order valence-corrected chi connectivity index (χ0v) is 17.5. The molecular weight excluding hydrogens is 423 g/mol. The van der Waals surface area contributed by atoms with Crippen molar-refractivity contribution in [3.05, 3.63) is 69.3 Å². The van der Waals surface area contributed by atoms with Crippen molar-refractivity contribution in [1.29, 1.82) is 0 Å². The van der Waals surface area contributed by atoms with Gasteiger partial charge in [0.1, 0.15) is 11.6 Å². The highest BCUT2D eigenvalue weighted by molar-refractivity contribution is 5.94. The van der Waals surface area contributed by atoms with Gasteiger partial charge in [-0.15, -0.1) is 10.2 Å². The van der Waals surface area contributed by atoms with E-state index in [-0.39, 0.29) is 30.7 Å². The number of nitrogens with one attached hydrogen (secondary N) is 2. The summed E-state index contributed by atoms with van der Waals surface area (Å²) >= 11 is 0. The zero-order chi connectivity index (χ0) is 23.4. The lowest BCUT2D eigenvalue weighted by molar-refractivity contribution is 0.0774. The van der Waals surface area contributed by atoms with Gasteiger partial charge in [-0.25, -0.2) is 9.37 Å². The Kier molecular flexibility index (Phi) is 6.61. The summed E-state index contributed by atoms with van der Waals surface area (Å²) in [5.74, 6) is -2.93. The summed E-state index contributed by atoms with van der Waals surface area (Å²) in [6.45, 7) is 3.35. The Balaban J connectivity index is 1.74. The quantitative estimate of drug-likeness (QED) is 0.490. The Bertz CT molecular complexity index is 1190. The highest BCUT2D eigenvalue weighted by Crippen LogP contribution is 2.16. The lowest BCUT2D eigenvalue weighted by Crippen LogP contribution is -2.32. The maximum atomic E-state index is 13.1. The van der Waals surface area contributed by atoms with E-state index in [9.17, 15) is 23.9 Å². The molecule has 32 heavy (non-hydrogen) atoms. The summed E-state index contributed by atoms with van der Waals surface area (Å²) in [4.78, 5) is 44.8. The number of carbonyl (C=O) groups is 2. The third-order valence-corrected chi connectivity index (χ3v) is 4.55. The van der Waals surface area contributed by atoms with E-state index in [4.69, 9.17) is 4.42 Å². The van der Waals surface area contributed by atoms with Crippen LogP contribution in [0.2, 0.25) is 0 Å². The fourth-order valence-electron chi connectivity index (χ4n) is 2.79. The molecule has 12 heteroatoms. The molecule has 0 aliphatic rings. The molecule has 0 bridgehead atoms. The van der Waals surface area contributed by atoms with Crippen LogP contribution in [-0.4, -0.2) is 55.6 Å². The Labute approximate surface area is 181 Å². The molecule has 11 nitrogen and oxygen atoms in total. The fourth-order valence-corrected chi connectivity index (χ4v) is 2.79. The van der Waals surface area contributed by atoms with Gasteiger partial charge in [0.2, 0.25) is 11.6 Å². The van der Waals surface area contributed by atoms with Gasteiger partial charge in [0, 0.05) is 33.0 Å². The highest BCUT2D eigenvalue weighted by atomic mass is 19.1. The zero-order valence-electron chi connectivity index (χ0n) is 17.5. The number of aromatic nitrogens is 4. The smallest absolute Gasteiger partial charge is 0.308 e. The van der Waals surface area contributed by atoms with Gasteiger partial charge in [0.15, 0.2) is 5.69 Å². The Morgan fingerprint density at radius 1 is 1.28 bits per heavy atom. The van der Waals surface area contributed by atoms with Crippen molar-refractivity contribution < 1.29 is 23.5 Å². The molecule has 0 fully saturated rings. The number of aromatic hydroxyl groups is 1. The lowest BCUT2D eigenvalue weighted by Gasteiger charge is -2.18. The molecule has 2 aromatic heterocycles. The van der Waals surface area contributed by atoms with Gasteiger partial charge in [0.25, 0.3) is 11.5 Å². The van der Waals surface area contributed by atoms with Crippen LogP contribution in [-0.2, 0) is 6.54 Å². The molecule has 3 aromatic rings. The SMILES string of the molecule is Cc1nnc(C(=O)NCC(C)c2nc(C(=O)N(C)Cc3ccc(F)cc3)c(O)c(=O)[nH]2)o1. The molecule has 168 valence electrons. The number of carbonyl (C=O) groups excluding carboxylic acids is 2. The van der Waals surface area contributed by atoms with Crippen LogP contribution in [0.4, 0.5) is 4.39 Å². The van der Waals surface area contributed by atoms with Crippen molar-refractivity contribution in [3.63, 3.8) is 0 Å². The summed E-state index contributed by atoms with van der Waals surface area (Å²) in [6.07, 6.45) is 0. The van der Waals surface area contributed by atoms with Crippen LogP contribution in [0.1, 0.15) is 51.3 Å². The van der Waals surface area contributed by atoms with Crippen molar-refractivity contribution in [2.45, 2.75) is 26.3 Å². The molecule has 1 atom stereocenters. The maximum absolute atomic E-state index is 13.1. The number of nitrogens with zero attached hydrogens (tertiary/aromatic N) is 4. The molecule has 0 aliphatic carbocycles. The molecule has 0 saturated heterocycles. The topological polar surface area (TPSA) is 154 Å². The molecule has 0 saturated carbocycles. The first-order valence-corrected chi connectivity index (χ1v) is 9.57. The van der Waals surface area contributed by atoms with Crippen molar-refractivity contribution in [3.8, 4) is 5.75 Å². The first-order valence-electron chi connectivity index (χ1n) is 9.57. The second-order valence-electron chi connectivity index (χ2n) is 7.17. The van der Waals surface area contributed by atoms with Crippen LogP contribution in [0.25, 0.3) is 0 Å². The number of benzene rings is 1. The fraction of sp³-hybridized carbons (Fsp3) is 0.300. The Morgan fingerprint density at radius 3 is 2.59 bits per heavy atom. The van der Waals surface area contributed by atoms with E-state index in [1.54, 1.807) is 13.8 Å². The molecule has 0 radical (unpaired) electrons. The van der Waals surface area contributed by atoms with Gasteiger partial charge in [-0.1, -0.05) is 19.1 Å². The first kappa shape index (κ1) is 22.6. The van der Waals surface area contributed by atoms with E-state index < -0.39 is 40.6 Å². The van der Waals surface area contributed by atoms with Crippen molar-refractivity contribution >= 4 is 11.8 Å². The van der Waals surface area contributed by atoms with E-state index in [0.717, 1.165) is 0 Å². The third-order valence-electron chi connectivity index (χ3n) is 4.55. The second-order valence-corrected chi connectivity index (χ2v) is 7.17. The van der Waals surface area contributed by atoms with E-state index >= 15 is 0 Å². The van der Waals surface area contributed by atoms with Gasteiger partial charge in [0.05, 0.1) is 0 Å². The minimum Gasteiger partial charge on any atom is -0.501 e. The average molecular weight is 444 g/mol. The van der Waals surface area contributed by atoms with Crippen molar-refractivity contribution in [1.82, 2.24) is 30.4 Å². The number of hydrogen-bond donors (Lipinski definition) is 3. The summed E-state index contributed by atoms with van der Waals surface area (Å²) in [7, 11) is 1.46. The average Bonchev–Trinajstić information content (AvgIpc) is 3.21. The van der Waals surface area contributed by atoms with Crippen molar-refractivity contribution in [2.75, 3.05) is 13.6 Å². The molecule has 0 aliphatic heterocycles. The molecule has 2 amide bonds. The number of aromatic amines is 1. The van der Waals surface area contributed by atoms with Crippen LogP contribution < -0.4 is 10.9 Å². The number of rotatable bonds is 7. The van der Waals surface area contributed by atoms with Crippen LogP contribution in [0, 0.1) is 12.7 Å². The predicted molar refractivity (Wildman–Crippen MR) is 109 cm³/mol. The monoisotopic (exact) mass is 444 g/mol. The number of aryl methyl sites for hydroxylation is 1. The first-order chi connectivity index (χ1) is 15.2. The molecule has 3 N–H and O–H groups in total. The number of hydrogen-bond acceptors (Lipinski definition) is 8. The van der Waals surface area contributed by atoms with Crippen LogP contribution in [0.15, 0.2) is 33.5 Å². The molecule has 2 heterocycles. The predicted octanol–water partition coefficient (Wildman–Crippen LogP) is 1.11. The third kappa shape index (κ3) is 5.14. The second kappa shape index (κ2) is 9.37. The summed E-state index contributed by atoms with van der Waals surface area (Å²) < 4.78 is 18.1. The number of H-pyrrole nitrogens is 1. The molecule has 1 aromatic carbocycles. The molecule has 3 rings (SSSR count). The molecule has 0 spiro atoms. The van der Waals surface area contributed by atoms with E-state index in [1.807, 2.05) is 0 Å². The van der Waals surface area contributed by atoms with Crippen LogP contribution in [0.5, 0.6) is 5.75 Å². The van der Waals surface area contributed by atoms with Crippen molar-refractivity contribution in [2.24, 2.45) is 0 Å². The highest BCUT2D eigenvalue weighted by Gasteiger charge is 2.24. The summed E-state index contributed by atoms with van der Waals surface area (Å²) in [6, 6.07) is 5.57. The minimum absolute atomic E-state index is 0.0347. The summed E-state index contributed by atoms with van der Waals surface area (Å²) in [5, 5.41) is 19.8. The molecular formula is C20H21FN6O5. The van der Waals surface area contributed by atoms with Gasteiger partial charge in [-0.05, 0) is 17.7 Å². The lowest BCUT2D eigenvalue weighted by atomic mass is 10.1. The van der Waals surface area contributed by atoms with E-state index in [2.05, 4.69) is 25.5 Å². The van der Waals surface area contributed by atoms with Crippen LogP contribution in [0.3, 0.4) is 0 Å². The number of amides is 2.